The molecule has 0 atom stereocenters. The van der Waals surface area contributed by atoms with Crippen molar-refractivity contribution in [2.75, 3.05) is 6.61 Å². The van der Waals surface area contributed by atoms with E-state index < -0.39 is 5.91 Å². The van der Waals surface area contributed by atoms with Gasteiger partial charge in [0, 0.05) is 19.3 Å². The maximum Gasteiger partial charge on any atom is 0.267 e. The number of aromatic nitrogens is 3. The average molecular weight is 355 g/mol. The van der Waals surface area contributed by atoms with Crippen LogP contribution in [0.25, 0.3) is 16.7 Å². The summed E-state index contributed by atoms with van der Waals surface area (Å²) < 4.78 is 8.49. The van der Waals surface area contributed by atoms with Gasteiger partial charge in [0.15, 0.2) is 0 Å². The number of nitrogens with one attached hydrogen (secondary N) is 1. The lowest BCUT2D eigenvalue weighted by atomic mass is 10.2. The number of amides is 1. The maximum absolute atomic E-state index is 12.8. The summed E-state index contributed by atoms with van der Waals surface area (Å²) in [6, 6.07) is 6.59. The van der Waals surface area contributed by atoms with Crippen molar-refractivity contribution in [2.24, 2.45) is 5.73 Å². The van der Waals surface area contributed by atoms with Gasteiger partial charge >= 0.3 is 0 Å². The highest BCUT2D eigenvalue weighted by molar-refractivity contribution is 5.95. The third-order valence-corrected chi connectivity index (χ3v) is 4.06. The Morgan fingerprint density at radius 3 is 2.85 bits per heavy atom. The molecule has 0 saturated carbocycles. The number of nitrogens with zero attached hydrogens (tertiary/aromatic N) is 3. The van der Waals surface area contributed by atoms with Crippen molar-refractivity contribution < 1.29 is 9.53 Å². The van der Waals surface area contributed by atoms with Gasteiger partial charge in [0.25, 0.3) is 11.5 Å². The Kier molecular flexibility index (Phi) is 4.85. The van der Waals surface area contributed by atoms with Gasteiger partial charge in [0.2, 0.25) is 0 Å². The van der Waals surface area contributed by atoms with Gasteiger partial charge in [-0.2, -0.15) is 0 Å². The summed E-state index contributed by atoms with van der Waals surface area (Å²) in [5.74, 6) is -0.748. The van der Waals surface area contributed by atoms with E-state index in [1.807, 2.05) is 13.8 Å². The molecule has 0 radical (unpaired) electrons. The standard InChI is InChI=1S/C18H21N5O3/c1-11(2)26-9-5-8-23-15(19)12(16(20)24)10-13-17(23)21-14-6-3-4-7-22(14)18(13)25/h3-4,6-7,10-11,19H,5,8-9H2,1-2H3,(H2,20,24). The van der Waals surface area contributed by atoms with Gasteiger partial charge in [0.05, 0.1) is 17.1 Å². The van der Waals surface area contributed by atoms with Gasteiger partial charge in [-0.05, 0) is 38.5 Å². The highest BCUT2D eigenvalue weighted by Crippen LogP contribution is 2.10. The number of nitrogens with two attached hydrogens (primary N) is 1. The van der Waals surface area contributed by atoms with E-state index in [-0.39, 0.29) is 28.1 Å². The summed E-state index contributed by atoms with van der Waals surface area (Å²) >= 11 is 0. The minimum atomic E-state index is -0.748. The number of pyridine rings is 2. The van der Waals surface area contributed by atoms with E-state index in [2.05, 4.69) is 4.98 Å². The van der Waals surface area contributed by atoms with Crippen LogP contribution in [0.2, 0.25) is 0 Å². The SMILES string of the molecule is CC(C)OCCCn1c(=N)c(C(N)=O)cc2c(=O)n3ccccc3nc21. The molecule has 0 saturated heterocycles. The Labute approximate surface area is 149 Å². The zero-order chi connectivity index (χ0) is 18.8. The molecule has 3 rings (SSSR count). The summed E-state index contributed by atoms with van der Waals surface area (Å²) in [5.41, 5.74) is 5.88. The molecule has 3 heterocycles. The van der Waals surface area contributed by atoms with E-state index in [0.717, 1.165) is 0 Å². The molecule has 8 nitrogen and oxygen atoms in total. The highest BCUT2D eigenvalue weighted by Gasteiger charge is 2.15. The predicted molar refractivity (Wildman–Crippen MR) is 97.0 cm³/mol. The molecule has 1 amide bonds. The van der Waals surface area contributed by atoms with Crippen LogP contribution in [-0.2, 0) is 11.3 Å². The monoisotopic (exact) mass is 355 g/mol. The Balaban J connectivity index is 2.22. The highest BCUT2D eigenvalue weighted by atomic mass is 16.5. The van der Waals surface area contributed by atoms with Gasteiger partial charge in [-0.15, -0.1) is 0 Å². The first-order valence-electron chi connectivity index (χ1n) is 8.41. The van der Waals surface area contributed by atoms with E-state index in [4.69, 9.17) is 15.9 Å². The lowest BCUT2D eigenvalue weighted by Crippen LogP contribution is -2.32. The summed E-state index contributed by atoms with van der Waals surface area (Å²) in [6.07, 6.45) is 2.33. The topological polar surface area (TPSA) is 115 Å². The quantitative estimate of drug-likeness (QED) is 0.508. The zero-order valence-corrected chi connectivity index (χ0v) is 14.7. The molecule has 3 aromatic rings. The first-order valence-corrected chi connectivity index (χ1v) is 8.41. The molecule has 0 spiro atoms. The number of hydrogen-bond acceptors (Lipinski definition) is 5. The fraction of sp³-hybridized carbons (Fsp3) is 0.333. The minimum absolute atomic E-state index is 0.00272. The van der Waals surface area contributed by atoms with Crippen molar-refractivity contribution in [3.8, 4) is 0 Å². The van der Waals surface area contributed by atoms with Crippen LogP contribution < -0.4 is 16.8 Å². The normalized spacial score (nSPS) is 11.5. The Hall–Kier alpha value is -3.00. The van der Waals surface area contributed by atoms with Crippen LogP contribution in [0, 0.1) is 5.41 Å². The van der Waals surface area contributed by atoms with Crippen molar-refractivity contribution in [1.29, 1.82) is 5.41 Å². The van der Waals surface area contributed by atoms with E-state index in [9.17, 15) is 9.59 Å². The Morgan fingerprint density at radius 1 is 1.38 bits per heavy atom. The number of aryl methyl sites for hydroxylation is 1. The Morgan fingerprint density at radius 2 is 2.15 bits per heavy atom. The molecule has 0 aliphatic rings. The first-order chi connectivity index (χ1) is 12.4. The lowest BCUT2D eigenvalue weighted by molar-refractivity contribution is 0.0748. The first kappa shape index (κ1) is 17.8. The number of hydrogen-bond donors (Lipinski definition) is 2. The number of carbonyl (C=O) groups is 1. The minimum Gasteiger partial charge on any atom is -0.379 e. The third-order valence-electron chi connectivity index (χ3n) is 4.06. The fourth-order valence-electron chi connectivity index (χ4n) is 2.83. The second-order valence-electron chi connectivity index (χ2n) is 6.28. The molecule has 26 heavy (non-hydrogen) atoms. The maximum atomic E-state index is 12.8. The number of fused-ring (bicyclic) bond motifs is 2. The number of primary amides is 1. The molecule has 136 valence electrons. The zero-order valence-electron chi connectivity index (χ0n) is 14.7. The van der Waals surface area contributed by atoms with Crippen LogP contribution in [-0.4, -0.2) is 32.6 Å². The molecule has 0 fully saturated rings. The fourth-order valence-corrected chi connectivity index (χ4v) is 2.83. The molecule has 3 aromatic heterocycles. The van der Waals surface area contributed by atoms with Gasteiger partial charge in [0.1, 0.15) is 16.8 Å². The van der Waals surface area contributed by atoms with Crippen molar-refractivity contribution in [2.45, 2.75) is 32.9 Å². The number of rotatable bonds is 6. The van der Waals surface area contributed by atoms with Crippen LogP contribution in [0.5, 0.6) is 0 Å². The predicted octanol–water partition coefficient (Wildman–Crippen LogP) is 1.04. The van der Waals surface area contributed by atoms with Gasteiger partial charge in [-0.25, -0.2) is 4.98 Å². The van der Waals surface area contributed by atoms with Gasteiger partial charge in [-0.1, -0.05) is 6.07 Å². The largest absolute Gasteiger partial charge is 0.379 e. The number of ether oxygens (including phenoxy) is 1. The van der Waals surface area contributed by atoms with Crippen LogP contribution in [0.1, 0.15) is 30.6 Å². The molecule has 0 bridgehead atoms. The van der Waals surface area contributed by atoms with Crippen molar-refractivity contribution >= 4 is 22.6 Å². The van der Waals surface area contributed by atoms with Gasteiger partial charge < -0.3 is 15.0 Å². The smallest absolute Gasteiger partial charge is 0.267 e. The van der Waals surface area contributed by atoms with Crippen LogP contribution in [0.3, 0.4) is 0 Å². The van der Waals surface area contributed by atoms with Crippen molar-refractivity contribution in [1.82, 2.24) is 14.0 Å². The van der Waals surface area contributed by atoms with E-state index in [1.165, 1.54) is 10.5 Å². The van der Waals surface area contributed by atoms with E-state index in [1.54, 1.807) is 29.0 Å². The van der Waals surface area contributed by atoms with E-state index >= 15 is 0 Å². The summed E-state index contributed by atoms with van der Waals surface area (Å²) in [4.78, 5) is 29.1. The van der Waals surface area contributed by atoms with Gasteiger partial charge in [-0.3, -0.25) is 19.4 Å². The third kappa shape index (κ3) is 3.23. The molecule has 8 heteroatoms. The van der Waals surface area contributed by atoms with E-state index in [0.29, 0.717) is 30.9 Å². The van der Waals surface area contributed by atoms with Crippen LogP contribution in [0.15, 0.2) is 35.3 Å². The van der Waals surface area contributed by atoms with Crippen molar-refractivity contribution in [3.63, 3.8) is 0 Å². The van der Waals surface area contributed by atoms with Crippen LogP contribution >= 0.6 is 0 Å². The second-order valence-corrected chi connectivity index (χ2v) is 6.28. The van der Waals surface area contributed by atoms with Crippen molar-refractivity contribution in [3.05, 3.63) is 51.9 Å². The molecule has 3 N–H and O–H groups in total. The summed E-state index contributed by atoms with van der Waals surface area (Å²) in [5, 5.41) is 8.58. The molecular formula is C18H21N5O3. The Bertz CT molecular complexity index is 1100. The number of carbonyl (C=O) groups excluding carboxylic acids is 1. The molecular weight excluding hydrogens is 334 g/mol. The molecule has 0 aromatic carbocycles. The average Bonchev–Trinajstić information content (AvgIpc) is 2.60. The summed E-state index contributed by atoms with van der Waals surface area (Å²) in [7, 11) is 0. The van der Waals surface area contributed by atoms with Crippen LogP contribution in [0.4, 0.5) is 0 Å². The molecule has 0 aliphatic heterocycles. The summed E-state index contributed by atoms with van der Waals surface area (Å²) in [6.45, 7) is 4.78. The lowest BCUT2D eigenvalue weighted by Gasteiger charge is -2.14. The molecule has 0 aliphatic carbocycles. The molecule has 0 unspecified atom stereocenters. The second kappa shape index (κ2) is 7.09.